The van der Waals surface area contributed by atoms with Crippen molar-refractivity contribution in [3.63, 3.8) is 0 Å². The highest BCUT2D eigenvalue weighted by Crippen LogP contribution is 2.20. The SMILES string of the molecule is COc1ccc(NS(=O)(=O)c2ccc(/C=C/C(=O)Nc3cccc(C#N)c3)cc2)cc1. The summed E-state index contributed by atoms with van der Waals surface area (Å²) in [6.45, 7) is 0. The molecule has 3 aromatic rings. The van der Waals surface area contributed by atoms with Gasteiger partial charge in [0.05, 0.1) is 23.6 Å². The second-order valence-electron chi connectivity index (χ2n) is 6.42. The van der Waals surface area contributed by atoms with Crippen LogP contribution in [-0.4, -0.2) is 21.4 Å². The maximum absolute atomic E-state index is 12.5. The maximum Gasteiger partial charge on any atom is 0.261 e. The minimum atomic E-state index is -3.75. The lowest BCUT2D eigenvalue weighted by Crippen LogP contribution is -2.12. The Labute approximate surface area is 180 Å². The van der Waals surface area contributed by atoms with E-state index < -0.39 is 10.0 Å². The monoisotopic (exact) mass is 433 g/mol. The first-order chi connectivity index (χ1) is 14.9. The molecular weight excluding hydrogens is 414 g/mol. The summed E-state index contributed by atoms with van der Waals surface area (Å²) in [5, 5.41) is 11.6. The Hall–Kier alpha value is -4.09. The molecule has 0 heterocycles. The molecule has 0 saturated heterocycles. The van der Waals surface area contributed by atoms with E-state index in [0.29, 0.717) is 28.3 Å². The molecule has 0 aliphatic carbocycles. The average Bonchev–Trinajstić information content (AvgIpc) is 2.78. The van der Waals surface area contributed by atoms with Crippen molar-refractivity contribution >= 4 is 33.4 Å². The van der Waals surface area contributed by atoms with Crippen molar-refractivity contribution in [3.05, 3.63) is 90.0 Å². The van der Waals surface area contributed by atoms with Gasteiger partial charge in [-0.25, -0.2) is 8.42 Å². The fourth-order valence-corrected chi connectivity index (χ4v) is 3.71. The molecule has 0 saturated carbocycles. The van der Waals surface area contributed by atoms with E-state index in [2.05, 4.69) is 10.0 Å². The molecule has 31 heavy (non-hydrogen) atoms. The van der Waals surface area contributed by atoms with Gasteiger partial charge in [-0.1, -0.05) is 18.2 Å². The second kappa shape index (κ2) is 9.61. The Balaban J connectivity index is 1.64. The fraction of sp³-hybridized carbons (Fsp3) is 0.0435. The predicted octanol–water partition coefficient (Wildman–Crippen LogP) is 4.02. The number of sulfonamides is 1. The third kappa shape index (κ3) is 5.95. The van der Waals surface area contributed by atoms with Gasteiger partial charge < -0.3 is 10.1 Å². The second-order valence-corrected chi connectivity index (χ2v) is 8.10. The summed E-state index contributed by atoms with van der Waals surface area (Å²) in [4.78, 5) is 12.2. The Morgan fingerprint density at radius 2 is 1.71 bits per heavy atom. The number of carbonyl (C=O) groups is 1. The third-order valence-corrected chi connectivity index (χ3v) is 5.62. The minimum Gasteiger partial charge on any atom is -0.497 e. The van der Waals surface area contributed by atoms with Crippen molar-refractivity contribution in [2.24, 2.45) is 0 Å². The Bertz CT molecular complexity index is 1240. The van der Waals surface area contributed by atoms with E-state index in [1.807, 2.05) is 6.07 Å². The molecule has 0 atom stereocenters. The molecule has 0 aliphatic rings. The van der Waals surface area contributed by atoms with Crippen molar-refractivity contribution < 1.29 is 17.9 Å². The van der Waals surface area contributed by atoms with Gasteiger partial charge in [-0.3, -0.25) is 9.52 Å². The van der Waals surface area contributed by atoms with E-state index in [4.69, 9.17) is 10.00 Å². The van der Waals surface area contributed by atoms with Crippen molar-refractivity contribution in [1.29, 1.82) is 5.26 Å². The predicted molar refractivity (Wildman–Crippen MR) is 119 cm³/mol. The molecule has 0 aliphatic heterocycles. The Morgan fingerprint density at radius 1 is 1.00 bits per heavy atom. The largest absolute Gasteiger partial charge is 0.497 e. The van der Waals surface area contributed by atoms with Crippen LogP contribution in [0.5, 0.6) is 5.75 Å². The fourth-order valence-electron chi connectivity index (χ4n) is 2.65. The van der Waals surface area contributed by atoms with E-state index in [-0.39, 0.29) is 10.8 Å². The molecule has 156 valence electrons. The number of anilines is 2. The van der Waals surface area contributed by atoms with Gasteiger partial charge in [-0.2, -0.15) is 5.26 Å². The molecule has 0 radical (unpaired) electrons. The van der Waals surface area contributed by atoms with Gasteiger partial charge in [-0.05, 0) is 66.2 Å². The average molecular weight is 433 g/mol. The van der Waals surface area contributed by atoms with Crippen LogP contribution in [0.1, 0.15) is 11.1 Å². The van der Waals surface area contributed by atoms with Gasteiger partial charge in [0.2, 0.25) is 5.91 Å². The van der Waals surface area contributed by atoms with Crippen LogP contribution in [-0.2, 0) is 14.8 Å². The van der Waals surface area contributed by atoms with Crippen LogP contribution >= 0.6 is 0 Å². The van der Waals surface area contributed by atoms with Crippen molar-refractivity contribution in [2.75, 3.05) is 17.1 Å². The summed E-state index contributed by atoms with van der Waals surface area (Å²) in [5.74, 6) is 0.258. The van der Waals surface area contributed by atoms with Gasteiger partial charge in [0.15, 0.2) is 0 Å². The van der Waals surface area contributed by atoms with Gasteiger partial charge >= 0.3 is 0 Å². The zero-order valence-electron chi connectivity index (χ0n) is 16.6. The number of nitrogens with zero attached hydrogens (tertiary/aromatic N) is 1. The summed E-state index contributed by atoms with van der Waals surface area (Å²) in [6.07, 6.45) is 2.90. The lowest BCUT2D eigenvalue weighted by Gasteiger charge is -2.09. The number of methoxy groups -OCH3 is 1. The summed E-state index contributed by atoms with van der Waals surface area (Å²) in [7, 11) is -2.22. The Kier molecular flexibility index (Phi) is 6.70. The normalized spacial score (nSPS) is 11.0. The van der Waals surface area contributed by atoms with Crippen LogP contribution in [0.25, 0.3) is 6.08 Å². The molecule has 7 nitrogen and oxygen atoms in total. The number of hydrogen-bond acceptors (Lipinski definition) is 5. The number of benzene rings is 3. The molecule has 0 fully saturated rings. The zero-order valence-corrected chi connectivity index (χ0v) is 17.4. The van der Waals surface area contributed by atoms with Crippen LogP contribution in [0.15, 0.2) is 83.8 Å². The van der Waals surface area contributed by atoms with Gasteiger partial charge in [0.1, 0.15) is 5.75 Å². The lowest BCUT2D eigenvalue weighted by atomic mass is 10.2. The smallest absolute Gasteiger partial charge is 0.261 e. The van der Waals surface area contributed by atoms with Crippen molar-refractivity contribution in [2.45, 2.75) is 4.90 Å². The molecule has 1 amide bonds. The van der Waals surface area contributed by atoms with Crippen LogP contribution in [0, 0.1) is 11.3 Å². The highest BCUT2D eigenvalue weighted by molar-refractivity contribution is 7.92. The maximum atomic E-state index is 12.5. The number of hydrogen-bond donors (Lipinski definition) is 2. The van der Waals surface area contributed by atoms with Crippen molar-refractivity contribution in [3.8, 4) is 11.8 Å². The van der Waals surface area contributed by atoms with E-state index in [1.54, 1.807) is 66.7 Å². The topological polar surface area (TPSA) is 108 Å². The first-order valence-electron chi connectivity index (χ1n) is 9.16. The summed E-state index contributed by atoms with van der Waals surface area (Å²) in [6, 6.07) is 21.2. The molecular formula is C23H19N3O4S. The van der Waals surface area contributed by atoms with E-state index in [9.17, 15) is 13.2 Å². The Morgan fingerprint density at radius 3 is 2.35 bits per heavy atom. The molecule has 0 unspecified atom stereocenters. The van der Waals surface area contributed by atoms with Crippen molar-refractivity contribution in [1.82, 2.24) is 0 Å². The van der Waals surface area contributed by atoms with E-state index in [0.717, 1.165) is 0 Å². The molecule has 0 aromatic heterocycles. The molecule has 0 bridgehead atoms. The summed E-state index contributed by atoms with van der Waals surface area (Å²) in [5.41, 5.74) is 2.04. The first kappa shape index (κ1) is 21.6. The lowest BCUT2D eigenvalue weighted by molar-refractivity contribution is -0.111. The first-order valence-corrected chi connectivity index (χ1v) is 10.6. The van der Waals surface area contributed by atoms with Gasteiger partial charge in [0, 0.05) is 17.5 Å². The molecule has 3 aromatic carbocycles. The number of carbonyl (C=O) groups excluding carboxylic acids is 1. The number of nitriles is 1. The molecule has 2 N–H and O–H groups in total. The minimum absolute atomic E-state index is 0.0956. The third-order valence-electron chi connectivity index (χ3n) is 4.22. The standard InChI is InChI=1S/C23H19N3O4S/c1-30-21-10-8-19(9-11-21)26-31(28,29)22-12-5-17(6-13-22)7-14-23(27)25-20-4-2-3-18(15-20)16-24/h2-15,26H,1H3,(H,25,27)/b14-7+. The highest BCUT2D eigenvalue weighted by Gasteiger charge is 2.13. The van der Waals surface area contributed by atoms with Crippen LogP contribution in [0.2, 0.25) is 0 Å². The molecule has 8 heteroatoms. The molecule has 3 rings (SSSR count). The number of ether oxygens (including phenoxy) is 1. The van der Waals surface area contributed by atoms with E-state index in [1.165, 1.54) is 25.3 Å². The van der Waals surface area contributed by atoms with Gasteiger partial charge in [0.25, 0.3) is 10.0 Å². The quantitative estimate of drug-likeness (QED) is 0.547. The zero-order chi connectivity index (χ0) is 22.3. The number of nitrogens with one attached hydrogen (secondary N) is 2. The van der Waals surface area contributed by atoms with Crippen LogP contribution < -0.4 is 14.8 Å². The van der Waals surface area contributed by atoms with E-state index >= 15 is 0 Å². The number of amides is 1. The molecule has 0 spiro atoms. The summed E-state index contributed by atoms with van der Waals surface area (Å²) >= 11 is 0. The van der Waals surface area contributed by atoms with Crippen LogP contribution in [0.4, 0.5) is 11.4 Å². The summed E-state index contributed by atoms with van der Waals surface area (Å²) < 4.78 is 32.6. The highest BCUT2D eigenvalue weighted by atomic mass is 32.2. The van der Waals surface area contributed by atoms with Crippen LogP contribution in [0.3, 0.4) is 0 Å². The van der Waals surface area contributed by atoms with Gasteiger partial charge in [-0.15, -0.1) is 0 Å². The number of rotatable bonds is 7.